The topological polar surface area (TPSA) is 113 Å². The number of nitrogens with two attached hydrogens (primary N) is 1. The number of imidazole rings is 1. The van der Waals surface area contributed by atoms with Crippen LogP contribution in [-0.2, 0) is 6.42 Å². The number of ketones is 1. The van der Waals surface area contributed by atoms with Gasteiger partial charge in [-0.2, -0.15) is 15.4 Å². The molecule has 1 aromatic carbocycles. The molecule has 0 fully saturated rings. The van der Waals surface area contributed by atoms with Crippen molar-refractivity contribution in [3.63, 3.8) is 0 Å². The van der Waals surface area contributed by atoms with E-state index in [9.17, 15) is 4.79 Å². The number of H-pyrrole nitrogens is 2. The second-order valence-electron chi connectivity index (χ2n) is 4.25. The summed E-state index contributed by atoms with van der Waals surface area (Å²) < 4.78 is 0. The average Bonchev–Trinajstić information content (AvgIpc) is 3.07. The average molecular weight is 256 g/mol. The molecule has 0 bridgehead atoms. The summed E-state index contributed by atoms with van der Waals surface area (Å²) in [5.74, 6) is -0.158. The smallest absolute Gasteiger partial charge is 0.182 e. The number of nitrogens with zero attached hydrogens (tertiary/aromatic N) is 3. The van der Waals surface area contributed by atoms with Crippen molar-refractivity contribution in [3.8, 4) is 0 Å². The highest BCUT2D eigenvalue weighted by Gasteiger charge is 2.20. The van der Waals surface area contributed by atoms with Gasteiger partial charge >= 0.3 is 0 Å². The first kappa shape index (κ1) is 11.5. The number of benzene rings is 1. The van der Waals surface area contributed by atoms with Gasteiger partial charge in [-0.1, -0.05) is 6.07 Å². The molecule has 7 heteroatoms. The van der Waals surface area contributed by atoms with Gasteiger partial charge in [0.15, 0.2) is 5.78 Å². The van der Waals surface area contributed by atoms with E-state index in [-0.39, 0.29) is 5.78 Å². The van der Waals surface area contributed by atoms with Crippen LogP contribution in [0.1, 0.15) is 16.1 Å². The molecule has 1 atom stereocenters. The minimum Gasteiger partial charge on any atom is -0.348 e. The second-order valence-corrected chi connectivity index (χ2v) is 4.25. The molecule has 0 radical (unpaired) electrons. The number of para-hydroxylation sites is 1. The van der Waals surface area contributed by atoms with Crippen LogP contribution in [0.5, 0.6) is 0 Å². The normalized spacial score (nSPS) is 12.7. The lowest BCUT2D eigenvalue weighted by molar-refractivity contribution is 0.0962. The molecular formula is C12H12N6O. The minimum atomic E-state index is -0.636. The van der Waals surface area contributed by atoms with Crippen molar-refractivity contribution in [2.24, 2.45) is 5.73 Å². The molecule has 7 nitrogen and oxygen atoms in total. The number of hydrogen-bond donors (Lipinski definition) is 3. The van der Waals surface area contributed by atoms with Gasteiger partial charge in [-0.25, -0.2) is 4.98 Å². The van der Waals surface area contributed by atoms with E-state index >= 15 is 0 Å². The maximum absolute atomic E-state index is 12.3. The van der Waals surface area contributed by atoms with Gasteiger partial charge in [0.25, 0.3) is 0 Å². The van der Waals surface area contributed by atoms with Crippen molar-refractivity contribution in [1.82, 2.24) is 25.4 Å². The summed E-state index contributed by atoms with van der Waals surface area (Å²) in [6.07, 6.45) is 3.63. The number of carbonyl (C=O) groups is 1. The first-order valence-electron chi connectivity index (χ1n) is 5.82. The molecule has 4 N–H and O–H groups in total. The third kappa shape index (κ3) is 2.11. The van der Waals surface area contributed by atoms with Gasteiger partial charge in [-0.05, 0) is 12.1 Å². The van der Waals surface area contributed by atoms with Crippen molar-refractivity contribution in [2.75, 3.05) is 0 Å². The SMILES string of the molecule is N[C@@H](Cc1cnc[nH]1)C(=O)c1cccc2n[nH]nc12. The highest BCUT2D eigenvalue weighted by atomic mass is 16.1. The summed E-state index contributed by atoms with van der Waals surface area (Å²) in [6.45, 7) is 0. The van der Waals surface area contributed by atoms with Crippen LogP contribution in [-0.4, -0.2) is 37.2 Å². The Morgan fingerprint density at radius 2 is 2.26 bits per heavy atom. The molecule has 2 heterocycles. The third-order valence-electron chi connectivity index (χ3n) is 2.94. The van der Waals surface area contributed by atoms with Crippen molar-refractivity contribution in [2.45, 2.75) is 12.5 Å². The Hall–Kier alpha value is -2.54. The molecule has 96 valence electrons. The summed E-state index contributed by atoms with van der Waals surface area (Å²) in [4.78, 5) is 19.2. The zero-order valence-electron chi connectivity index (χ0n) is 10.00. The lowest BCUT2D eigenvalue weighted by atomic mass is 10.00. The molecule has 19 heavy (non-hydrogen) atoms. The predicted octanol–water partition coefficient (Wildman–Crippen LogP) is 0.434. The third-order valence-corrected chi connectivity index (χ3v) is 2.94. The van der Waals surface area contributed by atoms with Crippen LogP contribution in [0.4, 0.5) is 0 Å². The van der Waals surface area contributed by atoms with Gasteiger partial charge in [0.1, 0.15) is 11.0 Å². The minimum absolute atomic E-state index is 0.158. The summed E-state index contributed by atoms with van der Waals surface area (Å²) in [7, 11) is 0. The molecule has 3 rings (SSSR count). The van der Waals surface area contributed by atoms with Crippen LogP contribution in [0.2, 0.25) is 0 Å². The van der Waals surface area contributed by atoms with Crippen molar-refractivity contribution >= 4 is 16.8 Å². The number of aromatic nitrogens is 5. The monoisotopic (exact) mass is 256 g/mol. The number of nitrogens with one attached hydrogen (secondary N) is 2. The van der Waals surface area contributed by atoms with Crippen LogP contribution in [0.25, 0.3) is 11.0 Å². The fourth-order valence-corrected chi connectivity index (χ4v) is 1.99. The first-order chi connectivity index (χ1) is 9.25. The molecule has 0 spiro atoms. The number of rotatable bonds is 4. The molecule has 0 saturated carbocycles. The Balaban J connectivity index is 1.89. The predicted molar refractivity (Wildman–Crippen MR) is 68.5 cm³/mol. The Morgan fingerprint density at radius 3 is 3.05 bits per heavy atom. The highest BCUT2D eigenvalue weighted by Crippen LogP contribution is 2.15. The molecule has 0 aliphatic carbocycles. The standard InChI is InChI=1S/C12H12N6O/c13-9(4-7-5-14-6-15-7)12(19)8-2-1-3-10-11(8)17-18-16-10/h1-3,5-6,9H,4,13H2,(H,14,15)(H,16,17,18)/t9-/m0/s1. The van der Waals surface area contributed by atoms with E-state index in [0.29, 0.717) is 23.0 Å². The van der Waals surface area contributed by atoms with E-state index in [1.807, 2.05) is 0 Å². The van der Waals surface area contributed by atoms with Gasteiger partial charge in [0, 0.05) is 23.9 Å². The Bertz CT molecular complexity index is 702. The van der Waals surface area contributed by atoms with E-state index in [2.05, 4.69) is 25.4 Å². The van der Waals surface area contributed by atoms with Gasteiger partial charge < -0.3 is 10.7 Å². The zero-order chi connectivity index (χ0) is 13.2. The highest BCUT2D eigenvalue weighted by molar-refractivity contribution is 6.08. The van der Waals surface area contributed by atoms with Gasteiger partial charge in [-0.3, -0.25) is 4.79 Å². The van der Waals surface area contributed by atoms with Crippen molar-refractivity contribution in [1.29, 1.82) is 0 Å². The Morgan fingerprint density at radius 1 is 1.37 bits per heavy atom. The lowest BCUT2D eigenvalue weighted by Gasteiger charge is -2.09. The molecule has 3 aromatic rings. The lowest BCUT2D eigenvalue weighted by Crippen LogP contribution is -2.33. The Kier molecular flexibility index (Phi) is 2.81. The second kappa shape index (κ2) is 4.62. The van der Waals surface area contributed by atoms with Crippen LogP contribution in [0.3, 0.4) is 0 Å². The van der Waals surface area contributed by atoms with Crippen molar-refractivity contribution in [3.05, 3.63) is 42.0 Å². The Labute approximate surface area is 108 Å². The first-order valence-corrected chi connectivity index (χ1v) is 5.82. The van der Waals surface area contributed by atoms with E-state index in [4.69, 9.17) is 5.73 Å². The van der Waals surface area contributed by atoms with E-state index in [1.165, 1.54) is 0 Å². The van der Waals surface area contributed by atoms with E-state index < -0.39 is 6.04 Å². The van der Waals surface area contributed by atoms with Gasteiger partial charge in [0.05, 0.1) is 12.4 Å². The number of fused-ring (bicyclic) bond motifs is 1. The fourth-order valence-electron chi connectivity index (χ4n) is 1.99. The molecule has 0 aliphatic heterocycles. The van der Waals surface area contributed by atoms with Crippen LogP contribution >= 0.6 is 0 Å². The number of carbonyl (C=O) groups excluding carboxylic acids is 1. The van der Waals surface area contributed by atoms with Crippen LogP contribution in [0.15, 0.2) is 30.7 Å². The van der Waals surface area contributed by atoms with Crippen molar-refractivity contribution < 1.29 is 4.79 Å². The summed E-state index contributed by atoms with van der Waals surface area (Å²) in [6, 6.07) is 4.62. The summed E-state index contributed by atoms with van der Waals surface area (Å²) in [5, 5.41) is 10.4. The van der Waals surface area contributed by atoms with E-state index in [0.717, 1.165) is 5.69 Å². The van der Waals surface area contributed by atoms with Gasteiger partial charge in [-0.15, -0.1) is 0 Å². The molecule has 0 saturated heterocycles. The number of hydrogen-bond acceptors (Lipinski definition) is 5. The summed E-state index contributed by atoms with van der Waals surface area (Å²) in [5.41, 5.74) is 8.46. The summed E-state index contributed by atoms with van der Waals surface area (Å²) >= 11 is 0. The van der Waals surface area contributed by atoms with Gasteiger partial charge in [0.2, 0.25) is 0 Å². The molecule has 2 aromatic heterocycles. The fraction of sp³-hybridized carbons (Fsp3) is 0.167. The van der Waals surface area contributed by atoms with Crippen LogP contribution < -0.4 is 5.73 Å². The molecule has 0 aliphatic rings. The maximum atomic E-state index is 12.3. The molecule has 0 unspecified atom stereocenters. The quantitative estimate of drug-likeness (QED) is 0.586. The largest absolute Gasteiger partial charge is 0.348 e. The van der Waals surface area contributed by atoms with Crippen LogP contribution in [0, 0.1) is 0 Å². The number of aromatic amines is 2. The zero-order valence-corrected chi connectivity index (χ0v) is 10.00. The maximum Gasteiger partial charge on any atom is 0.182 e. The molecular weight excluding hydrogens is 244 g/mol. The number of Topliss-reactive ketones (excluding diaryl/α,β-unsaturated/α-hetero) is 1. The van der Waals surface area contributed by atoms with E-state index in [1.54, 1.807) is 30.7 Å². The molecule has 0 amide bonds.